The Balaban J connectivity index is 1.57. The number of H-pyrrole nitrogens is 1. The Morgan fingerprint density at radius 3 is 2.56 bits per heavy atom. The number of hydrogen-bond acceptors (Lipinski definition) is 4. The number of aliphatic hydroxyl groups is 1. The van der Waals surface area contributed by atoms with Gasteiger partial charge < -0.3 is 15.0 Å². The fourth-order valence-corrected chi connectivity index (χ4v) is 4.33. The number of nitrogens with zero attached hydrogens (tertiary/aromatic N) is 4. The Morgan fingerprint density at radius 1 is 1.00 bits per heavy atom. The minimum atomic E-state index is -1.73. The molecule has 3 aromatic carbocycles. The van der Waals surface area contributed by atoms with Gasteiger partial charge in [-0.2, -0.15) is 5.10 Å². The number of fused-ring (bicyclic) bond motifs is 1. The molecule has 0 bridgehead atoms. The van der Waals surface area contributed by atoms with Crippen molar-refractivity contribution in [3.63, 3.8) is 0 Å². The molecule has 5 rings (SSSR count). The number of rotatable bonds is 8. The van der Waals surface area contributed by atoms with E-state index in [2.05, 4.69) is 15.1 Å². The second kappa shape index (κ2) is 9.07. The van der Waals surface area contributed by atoms with E-state index in [1.165, 1.54) is 23.4 Å². The van der Waals surface area contributed by atoms with Crippen LogP contribution in [0.2, 0.25) is 0 Å². The molecule has 172 valence electrons. The normalized spacial score (nSPS) is 13.1. The molecular formula is C26H23F2N5O. The van der Waals surface area contributed by atoms with Crippen LogP contribution < -0.4 is 4.90 Å². The molecule has 0 spiro atoms. The molecule has 0 radical (unpaired) electrons. The fourth-order valence-electron chi connectivity index (χ4n) is 4.33. The minimum Gasteiger partial charge on any atom is -0.381 e. The van der Waals surface area contributed by atoms with Gasteiger partial charge in [0.1, 0.15) is 29.9 Å². The molecule has 0 fully saturated rings. The van der Waals surface area contributed by atoms with Crippen LogP contribution in [0.15, 0.2) is 91.6 Å². The first kappa shape index (κ1) is 21.8. The number of halogens is 2. The number of benzene rings is 3. The van der Waals surface area contributed by atoms with E-state index in [-0.39, 0.29) is 18.7 Å². The van der Waals surface area contributed by atoms with Crippen molar-refractivity contribution in [2.45, 2.75) is 18.7 Å². The molecule has 0 aliphatic rings. The minimum absolute atomic E-state index is 0.00995. The number of aromatic nitrogens is 4. The Bertz CT molecular complexity index is 1390. The van der Waals surface area contributed by atoms with Gasteiger partial charge in [-0.3, -0.25) is 0 Å². The summed E-state index contributed by atoms with van der Waals surface area (Å²) in [7, 11) is 0. The first-order valence-corrected chi connectivity index (χ1v) is 10.9. The van der Waals surface area contributed by atoms with E-state index in [0.29, 0.717) is 6.54 Å². The zero-order chi connectivity index (χ0) is 23.5. The van der Waals surface area contributed by atoms with Crippen LogP contribution in [-0.2, 0) is 18.7 Å². The lowest BCUT2D eigenvalue weighted by atomic mass is 9.91. The third kappa shape index (κ3) is 4.40. The Hall–Kier alpha value is -4.04. The van der Waals surface area contributed by atoms with Gasteiger partial charge in [0.25, 0.3) is 0 Å². The number of anilines is 1. The van der Waals surface area contributed by atoms with Crippen LogP contribution in [0.5, 0.6) is 0 Å². The summed E-state index contributed by atoms with van der Waals surface area (Å²) in [4.78, 5) is 9.20. The number of para-hydroxylation sites is 2. The van der Waals surface area contributed by atoms with Crippen LogP contribution in [-0.4, -0.2) is 31.4 Å². The van der Waals surface area contributed by atoms with E-state index in [0.717, 1.165) is 34.3 Å². The third-order valence-electron chi connectivity index (χ3n) is 5.93. The quantitative estimate of drug-likeness (QED) is 0.355. The molecule has 5 aromatic rings. The lowest BCUT2D eigenvalue weighted by Gasteiger charge is -2.36. The summed E-state index contributed by atoms with van der Waals surface area (Å²) in [5, 5.41) is 17.1. The van der Waals surface area contributed by atoms with Gasteiger partial charge in [-0.25, -0.2) is 18.4 Å². The van der Waals surface area contributed by atoms with Gasteiger partial charge >= 0.3 is 0 Å². The van der Waals surface area contributed by atoms with Crippen LogP contribution >= 0.6 is 0 Å². The fraction of sp³-hybridized carbons (Fsp3) is 0.154. The molecule has 0 amide bonds. The smallest absolute Gasteiger partial charge is 0.137 e. The molecular weight excluding hydrogens is 436 g/mol. The summed E-state index contributed by atoms with van der Waals surface area (Å²) in [6.45, 7) is 0.419. The highest BCUT2D eigenvalue weighted by atomic mass is 19.1. The van der Waals surface area contributed by atoms with Gasteiger partial charge in [0, 0.05) is 41.0 Å². The molecule has 34 heavy (non-hydrogen) atoms. The predicted octanol–water partition coefficient (Wildman–Crippen LogP) is 4.63. The molecule has 1 atom stereocenters. The van der Waals surface area contributed by atoms with Crippen LogP contribution in [0.4, 0.5) is 14.5 Å². The predicted molar refractivity (Wildman–Crippen MR) is 126 cm³/mol. The van der Waals surface area contributed by atoms with Crippen molar-refractivity contribution in [3.8, 4) is 0 Å². The summed E-state index contributed by atoms with van der Waals surface area (Å²) in [6, 6.07) is 20.8. The number of nitrogens with one attached hydrogen (secondary N) is 1. The van der Waals surface area contributed by atoms with Gasteiger partial charge in [-0.1, -0.05) is 42.5 Å². The number of aromatic amines is 1. The highest BCUT2D eigenvalue weighted by Gasteiger charge is 2.36. The van der Waals surface area contributed by atoms with E-state index in [1.807, 2.05) is 65.7 Å². The molecule has 2 heterocycles. The van der Waals surface area contributed by atoms with Crippen molar-refractivity contribution < 1.29 is 13.9 Å². The molecule has 0 saturated heterocycles. The van der Waals surface area contributed by atoms with E-state index >= 15 is 0 Å². The molecule has 2 N–H and O–H groups in total. The van der Waals surface area contributed by atoms with E-state index in [1.54, 1.807) is 0 Å². The van der Waals surface area contributed by atoms with Crippen LogP contribution in [0.25, 0.3) is 10.9 Å². The second-order valence-electron chi connectivity index (χ2n) is 8.30. The largest absolute Gasteiger partial charge is 0.381 e. The summed E-state index contributed by atoms with van der Waals surface area (Å²) in [5.74, 6) is -1.52. The molecule has 0 aliphatic heterocycles. The molecule has 6 nitrogen and oxygen atoms in total. The Kier molecular flexibility index (Phi) is 5.81. The topological polar surface area (TPSA) is 70.0 Å². The zero-order valence-electron chi connectivity index (χ0n) is 18.3. The highest BCUT2D eigenvalue weighted by molar-refractivity contribution is 5.83. The second-order valence-corrected chi connectivity index (χ2v) is 8.30. The van der Waals surface area contributed by atoms with Gasteiger partial charge in [0.15, 0.2) is 0 Å². The number of hydrogen-bond donors (Lipinski definition) is 2. The van der Waals surface area contributed by atoms with Gasteiger partial charge in [-0.15, -0.1) is 0 Å². The summed E-state index contributed by atoms with van der Waals surface area (Å²) < 4.78 is 30.1. The summed E-state index contributed by atoms with van der Waals surface area (Å²) in [5.41, 5.74) is 1.15. The summed E-state index contributed by atoms with van der Waals surface area (Å²) in [6.07, 6.45) is 4.75. The van der Waals surface area contributed by atoms with Gasteiger partial charge in [0.05, 0.1) is 13.1 Å². The van der Waals surface area contributed by atoms with Crippen molar-refractivity contribution in [2.24, 2.45) is 0 Å². The monoisotopic (exact) mass is 459 g/mol. The standard InChI is InChI=1S/C26H23F2N5O/c27-20-10-11-23(24(28)12-20)26(34,16-33-18-29-17-31-33)15-32(21-6-2-1-3-7-21)14-19-13-30-25-9-5-4-8-22(19)25/h1-13,17-18,30,34H,14-16H2. The molecule has 1 unspecified atom stereocenters. The lowest BCUT2D eigenvalue weighted by molar-refractivity contribution is 0.0182. The van der Waals surface area contributed by atoms with Crippen molar-refractivity contribution in [2.75, 3.05) is 11.4 Å². The molecule has 0 saturated carbocycles. The Labute approximate surface area is 195 Å². The highest BCUT2D eigenvalue weighted by Crippen LogP contribution is 2.31. The lowest BCUT2D eigenvalue weighted by Crippen LogP contribution is -2.44. The van der Waals surface area contributed by atoms with E-state index in [9.17, 15) is 13.9 Å². The SMILES string of the molecule is OC(CN(Cc1c[nH]c2ccccc12)c1ccccc1)(Cn1cncn1)c1ccc(F)cc1F. The van der Waals surface area contributed by atoms with E-state index in [4.69, 9.17) is 0 Å². The van der Waals surface area contributed by atoms with Crippen molar-refractivity contribution in [3.05, 3.63) is 114 Å². The summed E-state index contributed by atoms with van der Waals surface area (Å²) >= 11 is 0. The van der Waals surface area contributed by atoms with Gasteiger partial charge in [-0.05, 0) is 29.8 Å². The molecule has 8 heteroatoms. The van der Waals surface area contributed by atoms with Crippen molar-refractivity contribution in [1.82, 2.24) is 19.7 Å². The zero-order valence-corrected chi connectivity index (χ0v) is 18.3. The average molecular weight is 460 g/mol. The van der Waals surface area contributed by atoms with Crippen molar-refractivity contribution >= 4 is 16.6 Å². The van der Waals surface area contributed by atoms with Crippen LogP contribution in [0.1, 0.15) is 11.1 Å². The van der Waals surface area contributed by atoms with Crippen LogP contribution in [0, 0.1) is 11.6 Å². The maximum atomic E-state index is 14.9. The maximum absolute atomic E-state index is 14.9. The first-order valence-electron chi connectivity index (χ1n) is 10.9. The van der Waals surface area contributed by atoms with E-state index < -0.39 is 17.2 Å². The average Bonchev–Trinajstić information content (AvgIpc) is 3.49. The first-order chi connectivity index (χ1) is 16.5. The van der Waals surface area contributed by atoms with Gasteiger partial charge in [0.2, 0.25) is 0 Å². The van der Waals surface area contributed by atoms with Crippen LogP contribution in [0.3, 0.4) is 0 Å². The third-order valence-corrected chi connectivity index (χ3v) is 5.93. The maximum Gasteiger partial charge on any atom is 0.137 e. The van der Waals surface area contributed by atoms with Crippen molar-refractivity contribution in [1.29, 1.82) is 0 Å². The molecule has 0 aliphatic carbocycles. The molecule has 2 aromatic heterocycles. The Morgan fingerprint density at radius 2 is 1.79 bits per heavy atom.